The summed E-state index contributed by atoms with van der Waals surface area (Å²) in [5.74, 6) is 2.56. The van der Waals surface area contributed by atoms with E-state index in [1.165, 1.54) is 10.9 Å². The van der Waals surface area contributed by atoms with Gasteiger partial charge in [-0.3, -0.25) is 4.90 Å². The molecule has 1 heterocycles. The molecule has 1 aromatic carbocycles. The predicted octanol–water partition coefficient (Wildman–Crippen LogP) is 3.61. The third-order valence-corrected chi connectivity index (χ3v) is 4.62. The van der Waals surface area contributed by atoms with Gasteiger partial charge in [0.2, 0.25) is 0 Å². The summed E-state index contributed by atoms with van der Waals surface area (Å²) in [7, 11) is 1.91. The number of hydrogen-bond donors (Lipinski definition) is 1. The Kier molecular flexibility index (Phi) is 5.75. The van der Waals surface area contributed by atoms with Crippen molar-refractivity contribution in [1.82, 2.24) is 10.2 Å². The second-order valence-electron chi connectivity index (χ2n) is 5.06. The van der Waals surface area contributed by atoms with E-state index in [0.717, 1.165) is 35.2 Å². The van der Waals surface area contributed by atoms with Gasteiger partial charge < -0.3 is 5.32 Å². The van der Waals surface area contributed by atoms with Crippen LogP contribution < -0.4 is 5.32 Å². The molecule has 0 radical (unpaired) electrons. The lowest BCUT2D eigenvalue weighted by Crippen LogP contribution is -2.25. The van der Waals surface area contributed by atoms with Crippen LogP contribution in [0.3, 0.4) is 0 Å². The van der Waals surface area contributed by atoms with Crippen LogP contribution in [0.2, 0.25) is 0 Å². The van der Waals surface area contributed by atoms with E-state index in [2.05, 4.69) is 23.1 Å². The van der Waals surface area contributed by atoms with E-state index >= 15 is 0 Å². The van der Waals surface area contributed by atoms with Crippen LogP contribution in [0, 0.1) is 18.2 Å². The molecule has 0 aliphatic rings. The Bertz CT molecular complexity index is 642. The smallest absolute Gasteiger partial charge is 0.132 e. The van der Waals surface area contributed by atoms with Crippen LogP contribution in [0.15, 0.2) is 18.2 Å². The maximum Gasteiger partial charge on any atom is 0.132 e. The van der Waals surface area contributed by atoms with Gasteiger partial charge in [0.15, 0.2) is 0 Å². The summed E-state index contributed by atoms with van der Waals surface area (Å²) in [4.78, 5) is 3.39. The topological polar surface area (TPSA) is 15.3 Å². The standard InChI is InChI=1S/C17H21FN2S/c1-4-9-20(10-5-2)12-13-16(11-19-3)21-15-8-6-7-14(18)17(13)15/h1,6-8,19H,5,9-12H2,2-3H3. The van der Waals surface area contributed by atoms with Crippen LogP contribution >= 0.6 is 11.3 Å². The van der Waals surface area contributed by atoms with E-state index in [1.54, 1.807) is 17.4 Å². The van der Waals surface area contributed by atoms with E-state index in [-0.39, 0.29) is 5.82 Å². The molecular formula is C17H21FN2S. The van der Waals surface area contributed by atoms with Crippen molar-refractivity contribution in [3.8, 4) is 12.3 Å². The van der Waals surface area contributed by atoms with E-state index in [9.17, 15) is 4.39 Å². The lowest BCUT2D eigenvalue weighted by Gasteiger charge is -2.19. The van der Waals surface area contributed by atoms with Gasteiger partial charge in [0.05, 0.1) is 6.54 Å². The van der Waals surface area contributed by atoms with E-state index < -0.39 is 0 Å². The number of nitrogens with one attached hydrogen (secondary N) is 1. The fourth-order valence-corrected chi connectivity index (χ4v) is 3.81. The number of hydrogen-bond acceptors (Lipinski definition) is 3. The minimum absolute atomic E-state index is 0.141. The Morgan fingerprint density at radius 1 is 1.43 bits per heavy atom. The van der Waals surface area contributed by atoms with Crippen molar-refractivity contribution in [2.75, 3.05) is 20.1 Å². The lowest BCUT2D eigenvalue weighted by atomic mass is 10.1. The summed E-state index contributed by atoms with van der Waals surface area (Å²) in [6.45, 7) is 5.11. The molecule has 4 heteroatoms. The number of thiophene rings is 1. The molecule has 0 aliphatic heterocycles. The van der Waals surface area contributed by atoms with Crippen molar-refractivity contribution >= 4 is 21.4 Å². The minimum atomic E-state index is -0.141. The molecule has 2 nitrogen and oxygen atoms in total. The summed E-state index contributed by atoms with van der Waals surface area (Å²) in [5.41, 5.74) is 1.08. The zero-order valence-corrected chi connectivity index (χ0v) is 13.4. The summed E-state index contributed by atoms with van der Waals surface area (Å²) in [5, 5.41) is 3.93. The minimum Gasteiger partial charge on any atom is -0.315 e. The van der Waals surface area contributed by atoms with Gasteiger partial charge in [-0.2, -0.15) is 0 Å². The van der Waals surface area contributed by atoms with Gasteiger partial charge in [0.25, 0.3) is 0 Å². The van der Waals surface area contributed by atoms with Crippen molar-refractivity contribution in [3.63, 3.8) is 0 Å². The Morgan fingerprint density at radius 3 is 2.90 bits per heavy atom. The number of halogens is 1. The van der Waals surface area contributed by atoms with E-state index in [1.807, 2.05) is 13.1 Å². The van der Waals surface area contributed by atoms with Crippen molar-refractivity contribution in [3.05, 3.63) is 34.5 Å². The normalized spacial score (nSPS) is 11.2. The molecule has 2 rings (SSSR count). The number of rotatable bonds is 7. The molecule has 2 aromatic rings. The Balaban J connectivity index is 2.44. The second kappa shape index (κ2) is 7.56. The van der Waals surface area contributed by atoms with Crippen LogP contribution in [0.5, 0.6) is 0 Å². The van der Waals surface area contributed by atoms with Crippen molar-refractivity contribution < 1.29 is 4.39 Å². The fraction of sp³-hybridized carbons (Fsp3) is 0.412. The van der Waals surface area contributed by atoms with Crippen LogP contribution in [-0.2, 0) is 13.1 Å². The summed E-state index contributed by atoms with van der Waals surface area (Å²) in [6, 6.07) is 5.29. The van der Waals surface area contributed by atoms with Crippen molar-refractivity contribution in [1.29, 1.82) is 0 Å². The van der Waals surface area contributed by atoms with Crippen LogP contribution in [-0.4, -0.2) is 25.0 Å². The van der Waals surface area contributed by atoms with Crippen LogP contribution in [0.25, 0.3) is 10.1 Å². The number of fused-ring (bicyclic) bond motifs is 1. The molecule has 0 saturated carbocycles. The zero-order chi connectivity index (χ0) is 15.2. The maximum atomic E-state index is 14.2. The molecule has 0 fully saturated rings. The van der Waals surface area contributed by atoms with Gasteiger partial charge in [-0.1, -0.05) is 18.9 Å². The highest BCUT2D eigenvalue weighted by Gasteiger charge is 2.17. The Morgan fingerprint density at radius 2 is 2.24 bits per heavy atom. The molecule has 1 aromatic heterocycles. The zero-order valence-electron chi connectivity index (χ0n) is 12.6. The van der Waals surface area contributed by atoms with Gasteiger partial charge in [0, 0.05) is 28.1 Å². The maximum absolute atomic E-state index is 14.2. The molecule has 0 spiro atoms. The van der Waals surface area contributed by atoms with Crippen molar-refractivity contribution in [2.45, 2.75) is 26.4 Å². The molecule has 21 heavy (non-hydrogen) atoms. The molecule has 0 aliphatic carbocycles. The molecule has 0 unspecified atom stereocenters. The monoisotopic (exact) mass is 304 g/mol. The van der Waals surface area contributed by atoms with Gasteiger partial charge in [-0.15, -0.1) is 17.8 Å². The second-order valence-corrected chi connectivity index (χ2v) is 6.20. The first-order chi connectivity index (χ1) is 10.2. The van der Waals surface area contributed by atoms with E-state index in [4.69, 9.17) is 6.42 Å². The molecular weight excluding hydrogens is 283 g/mol. The highest BCUT2D eigenvalue weighted by molar-refractivity contribution is 7.19. The first-order valence-corrected chi connectivity index (χ1v) is 8.02. The molecule has 0 saturated heterocycles. The van der Waals surface area contributed by atoms with Crippen LogP contribution in [0.4, 0.5) is 4.39 Å². The average Bonchev–Trinajstić information content (AvgIpc) is 2.79. The first kappa shape index (κ1) is 16.0. The van der Waals surface area contributed by atoms with Gasteiger partial charge in [-0.05, 0) is 37.7 Å². The third kappa shape index (κ3) is 3.62. The van der Waals surface area contributed by atoms with Crippen LogP contribution in [0.1, 0.15) is 23.8 Å². The third-order valence-electron chi connectivity index (χ3n) is 3.42. The summed E-state index contributed by atoms with van der Waals surface area (Å²) < 4.78 is 15.3. The largest absolute Gasteiger partial charge is 0.315 e. The molecule has 0 bridgehead atoms. The summed E-state index contributed by atoms with van der Waals surface area (Å²) in [6.07, 6.45) is 6.49. The number of terminal acetylenes is 1. The van der Waals surface area contributed by atoms with Crippen molar-refractivity contribution in [2.24, 2.45) is 0 Å². The average molecular weight is 304 g/mol. The quantitative estimate of drug-likeness (QED) is 0.786. The van der Waals surface area contributed by atoms with E-state index in [0.29, 0.717) is 13.1 Å². The molecule has 112 valence electrons. The fourth-order valence-electron chi connectivity index (χ4n) is 2.57. The number of nitrogens with zero attached hydrogens (tertiary/aromatic N) is 1. The summed E-state index contributed by atoms with van der Waals surface area (Å²) >= 11 is 1.66. The lowest BCUT2D eigenvalue weighted by molar-refractivity contribution is 0.300. The first-order valence-electron chi connectivity index (χ1n) is 7.20. The van der Waals surface area contributed by atoms with Gasteiger partial charge in [0.1, 0.15) is 5.82 Å². The SMILES string of the molecule is C#CCN(CCC)Cc1c(CNC)sc2cccc(F)c12. The molecule has 1 N–H and O–H groups in total. The number of benzene rings is 1. The highest BCUT2D eigenvalue weighted by atomic mass is 32.1. The van der Waals surface area contributed by atoms with Gasteiger partial charge in [-0.25, -0.2) is 4.39 Å². The Labute approximate surface area is 130 Å². The molecule has 0 amide bonds. The Hall–Kier alpha value is -1.41. The predicted molar refractivity (Wildman–Crippen MR) is 88.9 cm³/mol. The molecule has 0 atom stereocenters. The van der Waals surface area contributed by atoms with Gasteiger partial charge >= 0.3 is 0 Å². The highest BCUT2D eigenvalue weighted by Crippen LogP contribution is 2.34.